The number of carboxylic acids is 1. The Labute approximate surface area is 183 Å². The second-order valence-electron chi connectivity index (χ2n) is 6.82. The number of ether oxygens (including phenoxy) is 1. The number of carbonyl (C=O) groups excluding carboxylic acids is 2. The van der Waals surface area contributed by atoms with Gasteiger partial charge in [-0.05, 0) is 50.6 Å². The number of nitrogens with one attached hydrogen (secondary N) is 1. The molecule has 1 rings (SSSR count). The van der Waals surface area contributed by atoms with E-state index in [0.29, 0.717) is 12.0 Å². The molecule has 176 valence electrons. The smallest absolute Gasteiger partial charge is 0.475 e. The monoisotopic (exact) mass is 458 g/mol. The number of amides is 1. The van der Waals surface area contributed by atoms with Crippen LogP contribution in [0.3, 0.4) is 0 Å². The van der Waals surface area contributed by atoms with Gasteiger partial charge in [-0.2, -0.15) is 13.2 Å². The van der Waals surface area contributed by atoms with E-state index >= 15 is 0 Å². The summed E-state index contributed by atoms with van der Waals surface area (Å²) in [7, 11) is 1.25. The van der Waals surface area contributed by atoms with Gasteiger partial charge in [0.15, 0.2) is 0 Å². The summed E-state index contributed by atoms with van der Waals surface area (Å²) in [5.41, 5.74) is 6.11. The highest BCUT2D eigenvalue weighted by Crippen LogP contribution is 2.13. The number of benzene rings is 1. The molecule has 0 aliphatic rings. The van der Waals surface area contributed by atoms with Gasteiger partial charge in [0.2, 0.25) is 0 Å². The molecule has 0 saturated heterocycles. The van der Waals surface area contributed by atoms with Gasteiger partial charge in [-0.1, -0.05) is 17.9 Å². The van der Waals surface area contributed by atoms with Crippen LogP contribution in [0.4, 0.5) is 13.2 Å². The molecular formula is C21H25F3N2O6. The second kappa shape index (κ2) is 13.1. The molecule has 0 aromatic heterocycles. The first-order chi connectivity index (χ1) is 14.7. The van der Waals surface area contributed by atoms with Gasteiger partial charge in [0, 0.05) is 23.3 Å². The second-order valence-corrected chi connectivity index (χ2v) is 6.82. The van der Waals surface area contributed by atoms with E-state index in [4.69, 9.17) is 25.5 Å². The number of halogens is 3. The predicted octanol–water partition coefficient (Wildman–Crippen LogP) is 1.62. The van der Waals surface area contributed by atoms with E-state index in [1.807, 2.05) is 0 Å². The number of aliphatic hydroxyl groups excluding tert-OH is 1. The Morgan fingerprint density at radius 1 is 1.22 bits per heavy atom. The van der Waals surface area contributed by atoms with Crippen molar-refractivity contribution in [2.45, 2.75) is 38.0 Å². The summed E-state index contributed by atoms with van der Waals surface area (Å²) in [6.07, 6.45) is -1.08. The molecule has 0 spiro atoms. The molecule has 0 aliphatic heterocycles. The van der Waals surface area contributed by atoms with Crippen LogP contribution in [0.1, 0.15) is 36.2 Å². The van der Waals surface area contributed by atoms with Crippen LogP contribution < -0.4 is 11.1 Å². The molecule has 32 heavy (non-hydrogen) atoms. The minimum absolute atomic E-state index is 0.0914. The van der Waals surface area contributed by atoms with Gasteiger partial charge >= 0.3 is 18.1 Å². The number of carboxylic acid groups (broad SMARTS) is 1. The highest BCUT2D eigenvalue weighted by Gasteiger charge is 2.38. The molecule has 8 nitrogen and oxygen atoms in total. The van der Waals surface area contributed by atoms with E-state index < -0.39 is 35.6 Å². The molecule has 0 heterocycles. The van der Waals surface area contributed by atoms with Gasteiger partial charge in [-0.15, -0.1) is 0 Å². The maximum absolute atomic E-state index is 12.3. The summed E-state index contributed by atoms with van der Waals surface area (Å²) in [6.45, 7) is 3.36. The van der Waals surface area contributed by atoms with Crippen molar-refractivity contribution in [1.29, 1.82) is 0 Å². The Morgan fingerprint density at radius 3 is 2.16 bits per heavy atom. The van der Waals surface area contributed by atoms with Crippen LogP contribution >= 0.6 is 0 Å². The zero-order valence-electron chi connectivity index (χ0n) is 17.7. The molecular weight excluding hydrogens is 433 g/mol. The lowest BCUT2D eigenvalue weighted by Crippen LogP contribution is -2.59. The molecule has 0 fully saturated rings. The third kappa shape index (κ3) is 11.1. The fourth-order valence-corrected chi connectivity index (χ4v) is 1.93. The molecule has 5 N–H and O–H groups in total. The quantitative estimate of drug-likeness (QED) is 0.375. The van der Waals surface area contributed by atoms with Crippen molar-refractivity contribution < 1.29 is 42.5 Å². The number of methoxy groups -OCH3 is 1. The lowest BCUT2D eigenvalue weighted by atomic mass is 9.95. The third-order valence-electron chi connectivity index (χ3n) is 3.56. The molecule has 0 bridgehead atoms. The first kappa shape index (κ1) is 28.6. The number of alkyl halides is 3. The largest absolute Gasteiger partial charge is 0.490 e. The maximum Gasteiger partial charge on any atom is 0.490 e. The van der Waals surface area contributed by atoms with E-state index in [1.54, 1.807) is 50.3 Å². The molecule has 1 unspecified atom stereocenters. The summed E-state index contributed by atoms with van der Waals surface area (Å²) in [6, 6.07) is 5.70. The third-order valence-corrected chi connectivity index (χ3v) is 3.56. The number of aliphatic hydroxyl groups is 1. The lowest BCUT2D eigenvalue weighted by Gasteiger charge is -2.28. The number of hydrogen-bond donors (Lipinski definition) is 4. The van der Waals surface area contributed by atoms with E-state index in [-0.39, 0.29) is 6.61 Å². The van der Waals surface area contributed by atoms with Crippen LogP contribution in [0.2, 0.25) is 0 Å². The summed E-state index contributed by atoms with van der Waals surface area (Å²) >= 11 is 0. The number of allylic oxidation sites excluding steroid dienone is 1. The van der Waals surface area contributed by atoms with Crippen LogP contribution in [0.25, 0.3) is 0 Å². The minimum atomic E-state index is -5.08. The number of hydrogen-bond acceptors (Lipinski definition) is 6. The van der Waals surface area contributed by atoms with Gasteiger partial charge < -0.3 is 26.0 Å². The number of esters is 1. The van der Waals surface area contributed by atoms with Crippen LogP contribution in [0.15, 0.2) is 36.4 Å². The van der Waals surface area contributed by atoms with Crippen molar-refractivity contribution in [2.24, 2.45) is 5.73 Å². The van der Waals surface area contributed by atoms with Gasteiger partial charge in [-0.25, -0.2) is 9.59 Å². The standard InChI is InChI=1S/C19H24N2O4.C2HF3O2/c1-19(2,20)16(18(24)25-3)21-17(23)15-11-9-14(10-12-15)8-6-4-5-7-13-22;3-2(4,5)1(6)7/h4-5,9-12,16,22H,7,13,20H2,1-3H3,(H,21,23);(H,6,7). The van der Waals surface area contributed by atoms with E-state index in [0.717, 1.165) is 5.56 Å². The molecule has 1 amide bonds. The number of carbonyl (C=O) groups is 3. The molecule has 1 aromatic carbocycles. The van der Waals surface area contributed by atoms with Crippen molar-refractivity contribution in [1.82, 2.24) is 5.32 Å². The first-order valence-electron chi connectivity index (χ1n) is 9.09. The van der Waals surface area contributed by atoms with Crippen molar-refractivity contribution in [3.8, 4) is 11.8 Å². The van der Waals surface area contributed by atoms with E-state index in [1.165, 1.54) is 7.11 Å². The van der Waals surface area contributed by atoms with Crippen LogP contribution in [-0.2, 0) is 14.3 Å². The van der Waals surface area contributed by atoms with Crippen LogP contribution in [0.5, 0.6) is 0 Å². The van der Waals surface area contributed by atoms with Crippen molar-refractivity contribution in [3.63, 3.8) is 0 Å². The van der Waals surface area contributed by atoms with E-state index in [9.17, 15) is 22.8 Å². The number of rotatable bonds is 6. The summed E-state index contributed by atoms with van der Waals surface area (Å²) in [5.74, 6) is 1.98. The zero-order valence-corrected chi connectivity index (χ0v) is 17.7. The van der Waals surface area contributed by atoms with E-state index in [2.05, 4.69) is 17.2 Å². The Hall–Kier alpha value is -3.36. The normalized spacial score (nSPS) is 12.0. The highest BCUT2D eigenvalue weighted by atomic mass is 19.4. The molecule has 11 heteroatoms. The number of nitrogens with two attached hydrogens (primary N) is 1. The highest BCUT2D eigenvalue weighted by molar-refractivity contribution is 5.97. The van der Waals surface area contributed by atoms with Crippen LogP contribution in [0, 0.1) is 11.8 Å². The van der Waals surface area contributed by atoms with Crippen molar-refractivity contribution in [2.75, 3.05) is 13.7 Å². The fourth-order valence-electron chi connectivity index (χ4n) is 1.93. The Balaban J connectivity index is 0.00000118. The average molecular weight is 458 g/mol. The van der Waals surface area contributed by atoms with Gasteiger partial charge in [0.25, 0.3) is 5.91 Å². The van der Waals surface area contributed by atoms with Gasteiger partial charge in [0.05, 0.1) is 7.11 Å². The summed E-state index contributed by atoms with van der Waals surface area (Å²) in [5, 5.41) is 18.4. The molecule has 0 saturated carbocycles. The summed E-state index contributed by atoms with van der Waals surface area (Å²) in [4.78, 5) is 33.0. The minimum Gasteiger partial charge on any atom is -0.475 e. The number of aliphatic carboxylic acids is 1. The van der Waals surface area contributed by atoms with Gasteiger partial charge in [-0.3, -0.25) is 4.79 Å². The van der Waals surface area contributed by atoms with Crippen molar-refractivity contribution >= 4 is 17.8 Å². The first-order valence-corrected chi connectivity index (χ1v) is 9.09. The average Bonchev–Trinajstić information content (AvgIpc) is 2.70. The van der Waals surface area contributed by atoms with Crippen molar-refractivity contribution in [3.05, 3.63) is 47.5 Å². The molecule has 1 atom stereocenters. The zero-order chi connectivity index (χ0) is 24.9. The summed E-state index contributed by atoms with van der Waals surface area (Å²) < 4.78 is 36.4. The van der Waals surface area contributed by atoms with Gasteiger partial charge in [0.1, 0.15) is 6.04 Å². The lowest BCUT2D eigenvalue weighted by molar-refractivity contribution is -0.192. The fraction of sp³-hybridized carbons (Fsp3) is 0.381. The SMILES string of the molecule is COC(=O)C(NC(=O)c1ccc(C#CC=CCCO)cc1)C(C)(C)N.O=C(O)C(F)(F)F. The molecule has 0 radical (unpaired) electrons. The van der Waals surface area contributed by atoms with Crippen LogP contribution in [-0.4, -0.2) is 59.5 Å². The molecule has 1 aromatic rings. The Kier molecular flexibility index (Phi) is 11.8. The molecule has 0 aliphatic carbocycles. The Bertz CT molecular complexity index is 863. The predicted molar refractivity (Wildman–Crippen MR) is 109 cm³/mol. The topological polar surface area (TPSA) is 139 Å². The maximum atomic E-state index is 12.3. The Morgan fingerprint density at radius 2 is 1.75 bits per heavy atom.